The summed E-state index contributed by atoms with van der Waals surface area (Å²) in [5.74, 6) is 2.15. The van der Waals surface area contributed by atoms with E-state index in [-0.39, 0.29) is 0 Å². The zero-order valence-corrected chi connectivity index (χ0v) is 32.2. The van der Waals surface area contributed by atoms with Crippen LogP contribution in [0.25, 0.3) is 54.9 Å². The standard InChI is InChI=1S/C40H44N6OSi2/c1-23(2)25-15-31-35(33(17-25)48(5,6)7)37-29(39-41-11-13-45(31)39)19-27(21-43-37)47-28-20-30-38(44-22-28)36-32(46-14-12-42-40(30)46)16-26(24(3)4)18-34(36)49(8,9)10/h11-24H,1-10H3. The molecule has 0 aliphatic heterocycles. The van der Waals surface area contributed by atoms with Crippen molar-refractivity contribution in [3.8, 4) is 11.5 Å². The fourth-order valence-electron chi connectivity index (χ4n) is 7.30. The lowest BCUT2D eigenvalue weighted by Crippen LogP contribution is -2.38. The Hall–Kier alpha value is -4.61. The van der Waals surface area contributed by atoms with Crippen molar-refractivity contribution in [3.05, 3.63) is 84.7 Å². The molecular weight excluding hydrogens is 637 g/mol. The molecule has 0 spiro atoms. The van der Waals surface area contributed by atoms with Gasteiger partial charge in [0, 0.05) is 46.3 Å². The molecular formula is C40H44N6OSi2. The lowest BCUT2D eigenvalue weighted by molar-refractivity contribution is 0.480. The highest BCUT2D eigenvalue weighted by atomic mass is 28.3. The van der Waals surface area contributed by atoms with Gasteiger partial charge < -0.3 is 4.74 Å². The van der Waals surface area contributed by atoms with Gasteiger partial charge in [0.1, 0.15) is 22.8 Å². The van der Waals surface area contributed by atoms with Crippen molar-refractivity contribution in [1.82, 2.24) is 28.7 Å². The molecule has 2 aromatic carbocycles. The third kappa shape index (κ3) is 5.05. The van der Waals surface area contributed by atoms with Gasteiger partial charge in [0.2, 0.25) is 0 Å². The van der Waals surface area contributed by atoms with E-state index in [1.165, 1.54) is 32.3 Å². The first kappa shape index (κ1) is 31.6. The summed E-state index contributed by atoms with van der Waals surface area (Å²) < 4.78 is 11.0. The zero-order chi connectivity index (χ0) is 34.6. The summed E-state index contributed by atoms with van der Waals surface area (Å²) in [5.41, 5.74) is 8.72. The van der Waals surface area contributed by atoms with Crippen molar-refractivity contribution < 1.29 is 4.74 Å². The van der Waals surface area contributed by atoms with E-state index in [2.05, 4.69) is 125 Å². The number of nitrogens with zero attached hydrogens (tertiary/aromatic N) is 6. The van der Waals surface area contributed by atoms with Crippen molar-refractivity contribution in [3.63, 3.8) is 0 Å². The number of pyridine rings is 4. The lowest BCUT2D eigenvalue weighted by atomic mass is 10.00. The summed E-state index contributed by atoms with van der Waals surface area (Å²) in [4.78, 5) is 19.8. The van der Waals surface area contributed by atoms with E-state index in [4.69, 9.17) is 24.7 Å². The largest absolute Gasteiger partial charge is 0.454 e. The minimum Gasteiger partial charge on any atom is -0.454 e. The molecule has 0 aliphatic carbocycles. The Labute approximate surface area is 289 Å². The van der Waals surface area contributed by atoms with Gasteiger partial charge in [-0.05, 0) is 57.6 Å². The second kappa shape index (κ2) is 10.9. The van der Waals surface area contributed by atoms with E-state index in [1.807, 2.05) is 24.8 Å². The summed E-state index contributed by atoms with van der Waals surface area (Å²) in [6.07, 6.45) is 11.6. The van der Waals surface area contributed by atoms with E-state index >= 15 is 0 Å². The van der Waals surface area contributed by atoms with Gasteiger partial charge in [0.15, 0.2) is 0 Å². The minimum atomic E-state index is -1.74. The molecule has 248 valence electrons. The van der Waals surface area contributed by atoms with Crippen molar-refractivity contribution in [2.24, 2.45) is 0 Å². The fraction of sp³-hybridized carbons (Fsp3) is 0.300. The van der Waals surface area contributed by atoms with E-state index in [0.29, 0.717) is 23.3 Å². The molecule has 6 aromatic heterocycles. The molecule has 0 aliphatic rings. The van der Waals surface area contributed by atoms with Gasteiger partial charge in [-0.1, -0.05) is 79.1 Å². The molecule has 0 radical (unpaired) electrons. The van der Waals surface area contributed by atoms with Crippen molar-refractivity contribution in [2.75, 3.05) is 0 Å². The summed E-state index contributed by atoms with van der Waals surface area (Å²) >= 11 is 0. The van der Waals surface area contributed by atoms with Gasteiger partial charge in [-0.25, -0.2) is 9.97 Å². The van der Waals surface area contributed by atoms with Crippen LogP contribution in [-0.2, 0) is 0 Å². The Morgan fingerprint density at radius 1 is 0.551 bits per heavy atom. The van der Waals surface area contributed by atoms with Crippen LogP contribution in [0.1, 0.15) is 50.7 Å². The predicted molar refractivity (Wildman–Crippen MR) is 210 cm³/mol. The maximum absolute atomic E-state index is 6.58. The Balaban J connectivity index is 1.32. The number of fused-ring (bicyclic) bond motifs is 12. The molecule has 49 heavy (non-hydrogen) atoms. The summed E-state index contributed by atoms with van der Waals surface area (Å²) in [7, 11) is -3.48. The van der Waals surface area contributed by atoms with Gasteiger partial charge in [-0.15, -0.1) is 0 Å². The number of hydrogen-bond acceptors (Lipinski definition) is 5. The fourth-order valence-corrected chi connectivity index (χ4v) is 10.5. The van der Waals surface area contributed by atoms with Crippen molar-refractivity contribution in [2.45, 2.75) is 78.8 Å². The monoisotopic (exact) mass is 680 g/mol. The number of imidazole rings is 2. The molecule has 0 atom stereocenters. The molecule has 7 nitrogen and oxygen atoms in total. The van der Waals surface area contributed by atoms with Crippen LogP contribution in [0.4, 0.5) is 0 Å². The number of benzene rings is 2. The van der Waals surface area contributed by atoms with Crippen LogP contribution in [0.5, 0.6) is 11.5 Å². The number of rotatable bonds is 6. The highest BCUT2D eigenvalue weighted by Crippen LogP contribution is 2.36. The van der Waals surface area contributed by atoms with Crippen molar-refractivity contribution >= 4 is 81.4 Å². The average Bonchev–Trinajstić information content (AvgIpc) is 3.74. The van der Waals surface area contributed by atoms with Crippen LogP contribution in [-0.4, -0.2) is 44.9 Å². The van der Waals surface area contributed by atoms with Gasteiger partial charge in [-0.3, -0.25) is 18.8 Å². The zero-order valence-electron chi connectivity index (χ0n) is 30.2. The van der Waals surface area contributed by atoms with Crippen LogP contribution in [0.2, 0.25) is 39.3 Å². The van der Waals surface area contributed by atoms with Gasteiger partial charge in [0.05, 0.1) is 50.6 Å². The van der Waals surface area contributed by atoms with E-state index in [0.717, 1.165) is 44.1 Å². The quantitative estimate of drug-likeness (QED) is 0.129. The molecule has 9 heteroatoms. The Kier molecular flexibility index (Phi) is 7.07. The van der Waals surface area contributed by atoms with Crippen molar-refractivity contribution in [1.29, 1.82) is 0 Å². The molecule has 0 N–H and O–H groups in total. The summed E-state index contributed by atoms with van der Waals surface area (Å²) in [6, 6.07) is 13.7. The Morgan fingerprint density at radius 3 is 1.33 bits per heavy atom. The number of hydrogen-bond donors (Lipinski definition) is 0. The van der Waals surface area contributed by atoms with Crippen LogP contribution in [0.3, 0.4) is 0 Å². The molecule has 0 amide bonds. The molecule has 8 aromatic rings. The average molecular weight is 681 g/mol. The first-order chi connectivity index (χ1) is 23.2. The number of ether oxygens (including phenoxy) is 1. The first-order valence-corrected chi connectivity index (χ1v) is 24.3. The highest BCUT2D eigenvalue weighted by Gasteiger charge is 2.26. The predicted octanol–water partition coefficient (Wildman–Crippen LogP) is 9.51. The second-order valence-corrected chi connectivity index (χ2v) is 26.3. The van der Waals surface area contributed by atoms with Gasteiger partial charge in [-0.2, -0.15) is 0 Å². The van der Waals surface area contributed by atoms with E-state index < -0.39 is 16.1 Å². The van der Waals surface area contributed by atoms with E-state index in [1.54, 1.807) is 0 Å². The smallest absolute Gasteiger partial charge is 0.146 e. The van der Waals surface area contributed by atoms with Crippen LogP contribution < -0.4 is 15.1 Å². The summed E-state index contributed by atoms with van der Waals surface area (Å²) in [5, 5.41) is 7.23. The maximum Gasteiger partial charge on any atom is 0.146 e. The Bertz CT molecular complexity index is 2440. The second-order valence-electron chi connectivity index (χ2n) is 16.2. The minimum absolute atomic E-state index is 0.425. The summed E-state index contributed by atoms with van der Waals surface area (Å²) in [6.45, 7) is 23.5. The molecule has 8 rings (SSSR count). The lowest BCUT2D eigenvalue weighted by Gasteiger charge is -2.23. The van der Waals surface area contributed by atoms with Crippen LogP contribution >= 0.6 is 0 Å². The molecule has 0 saturated carbocycles. The molecule has 6 heterocycles. The SMILES string of the molecule is CC(C)c1cc([Si](C)(C)C)c2c3ncc(Oc4cnc5c(c4)c4nccn4c4cc(C(C)C)cc([Si](C)(C)C)c54)cc3c3nccn3c2c1. The topological polar surface area (TPSA) is 69.6 Å². The maximum atomic E-state index is 6.58. The van der Waals surface area contributed by atoms with Gasteiger partial charge >= 0.3 is 0 Å². The first-order valence-electron chi connectivity index (χ1n) is 17.3. The Morgan fingerprint density at radius 2 is 0.959 bits per heavy atom. The molecule has 0 saturated heterocycles. The molecule has 0 fully saturated rings. The van der Waals surface area contributed by atoms with E-state index in [9.17, 15) is 0 Å². The highest BCUT2D eigenvalue weighted by molar-refractivity contribution is 6.91. The van der Waals surface area contributed by atoms with Gasteiger partial charge in [0.25, 0.3) is 0 Å². The third-order valence-corrected chi connectivity index (χ3v) is 14.0. The van der Waals surface area contributed by atoms with Crippen LogP contribution in [0, 0.1) is 0 Å². The normalized spacial score (nSPS) is 13.1. The third-order valence-electron chi connectivity index (χ3n) is 9.95. The van der Waals surface area contributed by atoms with Crippen LogP contribution in [0.15, 0.2) is 73.6 Å². The number of aromatic nitrogens is 6. The molecule has 0 unspecified atom stereocenters. The molecule has 0 bridgehead atoms.